The first-order valence-corrected chi connectivity index (χ1v) is 13.1. The summed E-state index contributed by atoms with van der Waals surface area (Å²) in [6.45, 7) is 3.75. The van der Waals surface area contributed by atoms with Crippen LogP contribution in [0.2, 0.25) is 0 Å². The number of nitrogens with zero attached hydrogens (tertiary/aromatic N) is 1. The molecule has 0 fully saturated rings. The van der Waals surface area contributed by atoms with Crippen molar-refractivity contribution in [2.75, 3.05) is 0 Å². The van der Waals surface area contributed by atoms with E-state index in [1.165, 1.54) is 12.5 Å². The van der Waals surface area contributed by atoms with Crippen LogP contribution in [0.5, 0.6) is 0 Å². The number of primary amides is 1. The number of carboxylic acids is 1. The first-order valence-electron chi connectivity index (χ1n) is 13.1. The summed E-state index contributed by atoms with van der Waals surface area (Å²) in [6, 6.07) is 2.40. The van der Waals surface area contributed by atoms with E-state index in [4.69, 9.17) is 11.5 Å². The van der Waals surface area contributed by atoms with E-state index in [2.05, 4.69) is 30.9 Å². The van der Waals surface area contributed by atoms with Crippen molar-refractivity contribution < 1.29 is 29.1 Å². The minimum absolute atomic E-state index is 0.0239. The smallest absolute Gasteiger partial charge is 0.326 e. The van der Waals surface area contributed by atoms with Crippen LogP contribution in [0.4, 0.5) is 0 Å². The number of H-pyrrole nitrogens is 2. The van der Waals surface area contributed by atoms with Gasteiger partial charge in [-0.05, 0) is 24.0 Å². The molecular formula is C27H36N8O6. The van der Waals surface area contributed by atoms with Gasteiger partial charge in [0.15, 0.2) is 0 Å². The second-order valence-corrected chi connectivity index (χ2v) is 10.3. The summed E-state index contributed by atoms with van der Waals surface area (Å²) in [5, 5.41) is 18.1. The molecule has 0 spiro atoms. The van der Waals surface area contributed by atoms with E-state index in [0.29, 0.717) is 17.7 Å². The Morgan fingerprint density at radius 1 is 0.927 bits per heavy atom. The number of hydrogen-bond acceptors (Lipinski definition) is 7. The molecule has 4 amide bonds. The van der Waals surface area contributed by atoms with Gasteiger partial charge in [0.25, 0.3) is 0 Å². The predicted octanol–water partition coefficient (Wildman–Crippen LogP) is -0.536. The van der Waals surface area contributed by atoms with Gasteiger partial charge in [0, 0.05) is 41.8 Å². The van der Waals surface area contributed by atoms with Crippen LogP contribution in [0.15, 0.2) is 43.0 Å². The number of aromatic amines is 2. The zero-order valence-electron chi connectivity index (χ0n) is 22.8. The Labute approximate surface area is 236 Å². The number of carboxylic acid groups (broad SMARTS) is 1. The molecule has 14 heteroatoms. The minimum atomic E-state index is -1.41. The van der Waals surface area contributed by atoms with Crippen LogP contribution in [0.25, 0.3) is 10.9 Å². The van der Waals surface area contributed by atoms with E-state index in [0.717, 1.165) is 10.9 Å². The highest BCUT2D eigenvalue weighted by Crippen LogP contribution is 2.19. The van der Waals surface area contributed by atoms with E-state index < -0.39 is 60.2 Å². The topological polar surface area (TPSA) is 238 Å². The number of hydrogen-bond donors (Lipinski definition) is 8. The molecule has 0 aliphatic rings. The zero-order chi connectivity index (χ0) is 30.1. The van der Waals surface area contributed by atoms with E-state index in [-0.39, 0.29) is 18.8 Å². The van der Waals surface area contributed by atoms with Gasteiger partial charge in [-0.3, -0.25) is 19.2 Å². The Bertz CT molecular complexity index is 1370. The van der Waals surface area contributed by atoms with Crippen molar-refractivity contribution in [3.63, 3.8) is 0 Å². The SMILES string of the molecule is CC(C)CC(N)C(=O)NC(CC(N)=O)C(=O)NC(Cc1cnc[nH]1)C(=O)NC(Cc1c[nH]c2ccccc12)C(=O)O. The fourth-order valence-electron chi connectivity index (χ4n) is 4.39. The average molecular weight is 569 g/mol. The van der Waals surface area contributed by atoms with Crippen LogP contribution in [0.3, 0.4) is 0 Å². The van der Waals surface area contributed by atoms with Crippen molar-refractivity contribution in [1.82, 2.24) is 30.9 Å². The monoisotopic (exact) mass is 568 g/mol. The van der Waals surface area contributed by atoms with Gasteiger partial charge in [-0.25, -0.2) is 9.78 Å². The lowest BCUT2D eigenvalue weighted by atomic mass is 10.0. The molecule has 2 aromatic heterocycles. The fraction of sp³-hybridized carbons (Fsp3) is 0.407. The van der Waals surface area contributed by atoms with E-state index in [9.17, 15) is 29.1 Å². The van der Waals surface area contributed by atoms with Crippen molar-refractivity contribution in [2.45, 2.75) is 63.7 Å². The summed E-state index contributed by atoms with van der Waals surface area (Å²) in [5.41, 5.74) is 13.2. The van der Waals surface area contributed by atoms with Gasteiger partial charge >= 0.3 is 5.97 Å². The van der Waals surface area contributed by atoms with Gasteiger partial charge in [-0.1, -0.05) is 32.0 Å². The number of aliphatic carboxylic acids is 1. The third-order valence-corrected chi connectivity index (χ3v) is 6.43. The molecule has 4 unspecified atom stereocenters. The largest absolute Gasteiger partial charge is 0.480 e. The van der Waals surface area contributed by atoms with Gasteiger partial charge in [-0.2, -0.15) is 0 Å². The molecule has 14 nitrogen and oxygen atoms in total. The third kappa shape index (κ3) is 8.89. The highest BCUT2D eigenvalue weighted by atomic mass is 16.4. The number of benzene rings is 1. The molecule has 3 rings (SSSR count). The maximum atomic E-state index is 13.4. The van der Waals surface area contributed by atoms with Gasteiger partial charge in [0.05, 0.1) is 18.8 Å². The molecule has 41 heavy (non-hydrogen) atoms. The average Bonchev–Trinajstić information content (AvgIpc) is 3.56. The van der Waals surface area contributed by atoms with Gasteiger partial charge in [-0.15, -0.1) is 0 Å². The second kappa shape index (κ2) is 14.1. The maximum absolute atomic E-state index is 13.4. The molecule has 10 N–H and O–H groups in total. The molecule has 1 aromatic carbocycles. The molecule has 0 saturated carbocycles. The van der Waals surface area contributed by atoms with Crippen LogP contribution in [-0.4, -0.2) is 73.8 Å². The van der Waals surface area contributed by atoms with Gasteiger partial charge < -0.3 is 42.5 Å². The number of nitrogens with one attached hydrogen (secondary N) is 5. The van der Waals surface area contributed by atoms with Crippen molar-refractivity contribution in [3.05, 3.63) is 54.2 Å². The molecule has 220 valence electrons. The van der Waals surface area contributed by atoms with Crippen molar-refractivity contribution in [2.24, 2.45) is 17.4 Å². The Kier molecular flexibility index (Phi) is 10.6. The molecule has 2 heterocycles. The van der Waals surface area contributed by atoms with Crippen LogP contribution in [0, 0.1) is 5.92 Å². The Morgan fingerprint density at radius 3 is 2.22 bits per heavy atom. The van der Waals surface area contributed by atoms with Crippen LogP contribution < -0.4 is 27.4 Å². The Balaban J connectivity index is 1.78. The standard InChI is InChI=1S/C27H36N8O6/c1-14(2)7-18(28)24(37)33-21(10-23(29)36)26(39)34-20(9-16-12-30-13-32-16)25(38)35-22(27(40)41)8-15-11-31-19-6-4-3-5-17(15)19/h3-6,11-14,18,20-22,31H,7-10,28H2,1-2H3,(H2,29,36)(H,30,32)(H,33,37)(H,34,39)(H,35,38)(H,40,41). The van der Waals surface area contributed by atoms with Crippen molar-refractivity contribution in [3.8, 4) is 0 Å². The summed E-state index contributed by atoms with van der Waals surface area (Å²) in [5.74, 6) is -4.33. The van der Waals surface area contributed by atoms with Crippen molar-refractivity contribution in [1.29, 1.82) is 0 Å². The second-order valence-electron chi connectivity index (χ2n) is 10.3. The van der Waals surface area contributed by atoms with Crippen LogP contribution in [-0.2, 0) is 36.8 Å². The Morgan fingerprint density at radius 2 is 1.59 bits per heavy atom. The number of fused-ring (bicyclic) bond motifs is 1. The number of carbonyl (C=O) groups is 5. The molecule has 0 saturated heterocycles. The number of carbonyl (C=O) groups excluding carboxylic acids is 4. The van der Waals surface area contributed by atoms with E-state index >= 15 is 0 Å². The molecule has 0 radical (unpaired) electrons. The highest BCUT2D eigenvalue weighted by molar-refractivity contribution is 5.96. The summed E-state index contributed by atoms with van der Waals surface area (Å²) in [6.07, 6.45) is 4.20. The lowest BCUT2D eigenvalue weighted by Crippen LogP contribution is -2.58. The quantitative estimate of drug-likeness (QED) is 0.118. The summed E-state index contributed by atoms with van der Waals surface area (Å²) >= 11 is 0. The van der Waals surface area contributed by atoms with Crippen molar-refractivity contribution >= 4 is 40.5 Å². The lowest BCUT2D eigenvalue weighted by Gasteiger charge is -2.25. The minimum Gasteiger partial charge on any atom is -0.480 e. The number of aromatic nitrogens is 3. The number of imidazole rings is 1. The highest BCUT2D eigenvalue weighted by Gasteiger charge is 2.32. The molecule has 0 aliphatic carbocycles. The maximum Gasteiger partial charge on any atom is 0.326 e. The predicted molar refractivity (Wildman–Crippen MR) is 149 cm³/mol. The number of para-hydroxylation sites is 1. The fourth-order valence-corrected chi connectivity index (χ4v) is 4.39. The molecule has 3 aromatic rings. The first kappa shape index (κ1) is 30.8. The molecular weight excluding hydrogens is 532 g/mol. The zero-order valence-corrected chi connectivity index (χ0v) is 22.8. The summed E-state index contributed by atoms with van der Waals surface area (Å²) in [7, 11) is 0. The lowest BCUT2D eigenvalue weighted by molar-refractivity contribution is -0.142. The first-order chi connectivity index (χ1) is 19.4. The normalized spacial score (nSPS) is 14.1. The summed E-state index contributed by atoms with van der Waals surface area (Å²) in [4.78, 5) is 72.8. The summed E-state index contributed by atoms with van der Waals surface area (Å²) < 4.78 is 0. The number of rotatable bonds is 15. The molecule has 4 atom stereocenters. The third-order valence-electron chi connectivity index (χ3n) is 6.43. The molecule has 0 aliphatic heterocycles. The molecule has 0 bridgehead atoms. The van der Waals surface area contributed by atoms with Crippen LogP contribution in [0.1, 0.15) is 37.9 Å². The van der Waals surface area contributed by atoms with Gasteiger partial charge in [0.2, 0.25) is 23.6 Å². The Hall–Kier alpha value is -4.72. The number of nitrogens with two attached hydrogens (primary N) is 2. The van der Waals surface area contributed by atoms with Gasteiger partial charge in [0.1, 0.15) is 18.1 Å². The number of amides is 4. The van der Waals surface area contributed by atoms with E-state index in [1.807, 2.05) is 38.1 Å². The van der Waals surface area contributed by atoms with E-state index in [1.54, 1.807) is 6.20 Å². The van der Waals surface area contributed by atoms with Crippen LogP contribution >= 0.6 is 0 Å².